The highest BCUT2D eigenvalue weighted by atomic mass is 32.2. The van der Waals surface area contributed by atoms with Crippen molar-refractivity contribution in [3.63, 3.8) is 0 Å². The van der Waals surface area contributed by atoms with Gasteiger partial charge in [0.1, 0.15) is 0 Å². The fourth-order valence-electron chi connectivity index (χ4n) is 6.39. The molecule has 3 atom stereocenters. The van der Waals surface area contributed by atoms with Gasteiger partial charge in [0.2, 0.25) is 0 Å². The molecule has 5 nitrogen and oxygen atoms in total. The smallest absolute Gasteiger partial charge is 0.331 e. The Hall–Kier alpha value is -3.51. The molecule has 3 aromatic carbocycles. The Morgan fingerprint density at radius 2 is 1.81 bits per heavy atom. The number of pyridine rings is 1. The number of carboxylic acids is 1. The first-order valence-corrected chi connectivity index (χ1v) is 13.4. The van der Waals surface area contributed by atoms with Crippen LogP contribution in [-0.2, 0) is 16.8 Å². The average molecular weight is 495 g/mol. The molecule has 3 aliphatic rings. The first-order chi connectivity index (χ1) is 17.5. The summed E-state index contributed by atoms with van der Waals surface area (Å²) >= 11 is 1.60. The van der Waals surface area contributed by atoms with E-state index >= 15 is 0 Å². The highest BCUT2D eigenvalue weighted by Gasteiger charge is 2.66. The molecule has 6 heteroatoms. The summed E-state index contributed by atoms with van der Waals surface area (Å²) in [5.74, 6) is -0.481. The molecule has 4 aromatic rings. The van der Waals surface area contributed by atoms with Crippen molar-refractivity contribution in [2.75, 3.05) is 5.73 Å². The Bertz CT molecular complexity index is 1620. The van der Waals surface area contributed by atoms with Gasteiger partial charge in [-0.3, -0.25) is 9.36 Å². The van der Waals surface area contributed by atoms with Gasteiger partial charge >= 0.3 is 5.97 Å². The second kappa shape index (κ2) is 7.74. The van der Waals surface area contributed by atoms with Crippen molar-refractivity contribution in [2.45, 2.75) is 53.3 Å². The number of carbonyl (C=O) groups is 1. The van der Waals surface area contributed by atoms with Crippen LogP contribution in [0.2, 0.25) is 0 Å². The van der Waals surface area contributed by atoms with Crippen LogP contribution in [0.15, 0.2) is 82.6 Å². The quantitative estimate of drug-likeness (QED) is 0.358. The highest BCUT2D eigenvalue weighted by Crippen LogP contribution is 2.64. The van der Waals surface area contributed by atoms with Gasteiger partial charge in [0.15, 0.2) is 5.54 Å². The van der Waals surface area contributed by atoms with Crippen molar-refractivity contribution in [2.24, 2.45) is 0 Å². The van der Waals surface area contributed by atoms with Crippen LogP contribution in [0.1, 0.15) is 53.4 Å². The highest BCUT2D eigenvalue weighted by molar-refractivity contribution is 8.00. The molecule has 2 fully saturated rings. The molecule has 0 spiro atoms. The summed E-state index contributed by atoms with van der Waals surface area (Å²) in [6.45, 7) is 0. The molecule has 2 unspecified atom stereocenters. The third-order valence-electron chi connectivity index (χ3n) is 8.26. The van der Waals surface area contributed by atoms with Crippen LogP contribution in [0.4, 0.5) is 5.69 Å². The number of hydrogen-bond donors (Lipinski definition) is 2. The Kier molecular flexibility index (Phi) is 4.68. The Labute approximate surface area is 213 Å². The van der Waals surface area contributed by atoms with Gasteiger partial charge in [0.05, 0.1) is 10.3 Å². The van der Waals surface area contributed by atoms with Crippen LogP contribution in [0.3, 0.4) is 0 Å². The molecule has 0 amide bonds. The molecule has 3 N–H and O–H groups in total. The summed E-state index contributed by atoms with van der Waals surface area (Å²) in [6.07, 6.45) is 3.23. The van der Waals surface area contributed by atoms with Crippen LogP contribution < -0.4 is 11.3 Å². The predicted octanol–water partition coefficient (Wildman–Crippen LogP) is 5.49. The number of nitrogens with zero attached hydrogens (tertiary/aromatic N) is 1. The van der Waals surface area contributed by atoms with Crippen LogP contribution in [0, 0.1) is 0 Å². The number of aliphatic carboxylic acids is 1. The lowest BCUT2D eigenvalue weighted by atomic mass is 9.64. The molecule has 2 aliphatic carbocycles. The molecule has 2 heterocycles. The molecule has 1 aromatic heterocycles. The number of anilines is 1. The number of hydrogen-bond acceptors (Lipinski definition) is 4. The molecule has 2 saturated carbocycles. The van der Waals surface area contributed by atoms with E-state index in [0.717, 1.165) is 29.0 Å². The van der Waals surface area contributed by atoms with Crippen molar-refractivity contribution in [1.82, 2.24) is 4.57 Å². The summed E-state index contributed by atoms with van der Waals surface area (Å²) < 4.78 is 1.63. The molecule has 36 heavy (non-hydrogen) atoms. The van der Waals surface area contributed by atoms with Gasteiger partial charge in [-0.15, -0.1) is 11.8 Å². The zero-order valence-electron chi connectivity index (χ0n) is 19.7. The number of nitrogens with two attached hydrogens (primary N) is 1. The SMILES string of the molecule is Nc1cccc([C@@H]2CC3(C(=O)O)C2Sc2c(C4CC4)c(Cc4cccc5ccccc45)cc(=O)n23)c1. The van der Waals surface area contributed by atoms with Gasteiger partial charge < -0.3 is 10.8 Å². The van der Waals surface area contributed by atoms with E-state index in [9.17, 15) is 14.7 Å². The fourth-order valence-corrected chi connectivity index (χ4v) is 8.32. The van der Waals surface area contributed by atoms with E-state index < -0.39 is 11.5 Å². The molecule has 180 valence electrons. The predicted molar refractivity (Wildman–Crippen MR) is 143 cm³/mol. The topological polar surface area (TPSA) is 85.3 Å². The number of thioether (sulfide) groups is 1. The van der Waals surface area contributed by atoms with Crippen molar-refractivity contribution in [3.8, 4) is 0 Å². The number of fused-ring (bicyclic) bond motifs is 4. The van der Waals surface area contributed by atoms with E-state index in [1.807, 2.05) is 36.4 Å². The minimum Gasteiger partial charge on any atom is -0.479 e. The Balaban J connectivity index is 1.36. The minimum atomic E-state index is -1.20. The summed E-state index contributed by atoms with van der Waals surface area (Å²) in [7, 11) is 0. The molecular weight excluding hydrogens is 468 g/mol. The van der Waals surface area contributed by atoms with Gasteiger partial charge in [0, 0.05) is 17.7 Å². The van der Waals surface area contributed by atoms with Crippen molar-refractivity contribution in [3.05, 3.63) is 105 Å². The largest absolute Gasteiger partial charge is 0.479 e. The second-order valence-electron chi connectivity index (χ2n) is 10.4. The molecule has 0 radical (unpaired) electrons. The lowest BCUT2D eigenvalue weighted by Gasteiger charge is -2.48. The first kappa shape index (κ1) is 21.7. The lowest BCUT2D eigenvalue weighted by Crippen LogP contribution is -2.61. The molecule has 0 saturated heterocycles. The Morgan fingerprint density at radius 3 is 2.58 bits per heavy atom. The number of rotatable bonds is 5. The maximum Gasteiger partial charge on any atom is 0.331 e. The van der Waals surface area contributed by atoms with Gasteiger partial charge in [0.25, 0.3) is 5.56 Å². The minimum absolute atomic E-state index is 0.0440. The van der Waals surface area contributed by atoms with Gasteiger partial charge in [-0.1, -0.05) is 54.6 Å². The van der Waals surface area contributed by atoms with Gasteiger partial charge in [-0.05, 0) is 76.8 Å². The maximum absolute atomic E-state index is 13.6. The number of benzene rings is 3. The molecular formula is C30H26N2O3S. The van der Waals surface area contributed by atoms with Crippen LogP contribution >= 0.6 is 11.8 Å². The second-order valence-corrected chi connectivity index (χ2v) is 11.5. The van der Waals surface area contributed by atoms with Crippen molar-refractivity contribution >= 4 is 34.2 Å². The van der Waals surface area contributed by atoms with E-state index in [-0.39, 0.29) is 16.7 Å². The zero-order valence-corrected chi connectivity index (χ0v) is 20.5. The standard InChI is InChI=1S/C30H26N2O3S/c31-22-9-4-8-20(14-22)24-16-30(29(34)35)27(24)36-28-26(18-11-12-18)21(15-25(33)32(28)30)13-19-7-3-6-17-5-1-2-10-23(17)19/h1-10,14-15,18,24,27H,11-13,16,31H2,(H,34,35)/t24-,27?,30?/m0/s1. The normalized spacial score (nSPS) is 24.2. The fraction of sp³-hybridized carbons (Fsp3) is 0.267. The van der Waals surface area contributed by atoms with Crippen molar-refractivity contribution < 1.29 is 9.90 Å². The number of nitrogen functional groups attached to an aromatic ring is 1. The van der Waals surface area contributed by atoms with Crippen LogP contribution in [-0.4, -0.2) is 20.9 Å². The third-order valence-corrected chi connectivity index (χ3v) is 9.86. The average Bonchev–Trinajstić information content (AvgIpc) is 3.64. The monoisotopic (exact) mass is 494 g/mol. The van der Waals surface area contributed by atoms with Crippen molar-refractivity contribution in [1.29, 1.82) is 0 Å². The Morgan fingerprint density at radius 1 is 1.03 bits per heavy atom. The van der Waals surface area contributed by atoms with E-state index in [1.165, 1.54) is 21.9 Å². The van der Waals surface area contributed by atoms with E-state index in [2.05, 4.69) is 30.3 Å². The van der Waals surface area contributed by atoms with Crippen LogP contribution in [0.5, 0.6) is 0 Å². The number of carboxylic acid groups (broad SMARTS) is 1. The summed E-state index contributed by atoms with van der Waals surface area (Å²) in [5, 5.41) is 13.5. The van der Waals surface area contributed by atoms with E-state index in [1.54, 1.807) is 22.4 Å². The van der Waals surface area contributed by atoms with Crippen LogP contribution in [0.25, 0.3) is 10.8 Å². The molecule has 1 aliphatic heterocycles. The lowest BCUT2D eigenvalue weighted by molar-refractivity contribution is -0.153. The van der Waals surface area contributed by atoms with Gasteiger partial charge in [-0.25, -0.2) is 4.79 Å². The number of aromatic nitrogens is 1. The van der Waals surface area contributed by atoms with E-state index in [4.69, 9.17) is 5.73 Å². The summed E-state index contributed by atoms with van der Waals surface area (Å²) in [6, 6.07) is 24.1. The van der Waals surface area contributed by atoms with E-state index in [0.29, 0.717) is 24.4 Å². The molecule has 7 rings (SSSR count). The van der Waals surface area contributed by atoms with Gasteiger partial charge in [-0.2, -0.15) is 0 Å². The summed E-state index contributed by atoms with van der Waals surface area (Å²) in [4.78, 5) is 26.4. The zero-order chi connectivity index (χ0) is 24.6. The third kappa shape index (κ3) is 3.03. The summed E-state index contributed by atoms with van der Waals surface area (Å²) in [5.41, 5.74) is 9.78. The first-order valence-electron chi connectivity index (χ1n) is 12.5. The molecule has 0 bridgehead atoms. The maximum atomic E-state index is 13.6.